The molecule has 2 heterocycles. The summed E-state index contributed by atoms with van der Waals surface area (Å²) in [6, 6.07) is 1.75. The van der Waals surface area contributed by atoms with Gasteiger partial charge in [-0.2, -0.15) is 5.10 Å². The van der Waals surface area contributed by atoms with Gasteiger partial charge >= 0.3 is 0 Å². The molecule has 0 aromatic carbocycles. The van der Waals surface area contributed by atoms with Gasteiger partial charge in [0.25, 0.3) is 5.91 Å². The molecule has 1 aliphatic rings. The molecule has 0 saturated carbocycles. The smallest absolute Gasteiger partial charge is 0.269 e. The van der Waals surface area contributed by atoms with Crippen molar-refractivity contribution in [2.75, 3.05) is 40.0 Å². The van der Waals surface area contributed by atoms with E-state index >= 15 is 0 Å². The summed E-state index contributed by atoms with van der Waals surface area (Å²) in [7, 11) is 1.73. The highest BCUT2D eigenvalue weighted by Crippen LogP contribution is 2.06. The summed E-state index contributed by atoms with van der Waals surface area (Å²) in [6.07, 6.45) is -0.192. The predicted octanol–water partition coefficient (Wildman–Crippen LogP) is -0.185. The van der Waals surface area contributed by atoms with Gasteiger partial charge in [0.15, 0.2) is 0 Å². The van der Waals surface area contributed by atoms with Crippen molar-refractivity contribution >= 4 is 11.8 Å². The molecule has 0 bridgehead atoms. The van der Waals surface area contributed by atoms with Gasteiger partial charge in [-0.25, -0.2) is 0 Å². The molecule has 0 radical (unpaired) electrons. The quantitative estimate of drug-likeness (QED) is 0.703. The molecule has 1 N–H and O–H groups in total. The minimum Gasteiger partial charge on any atom is -0.380 e. The monoisotopic (exact) mass is 324 g/mol. The van der Waals surface area contributed by atoms with Gasteiger partial charge in [0.2, 0.25) is 5.91 Å². The van der Waals surface area contributed by atoms with Crippen LogP contribution in [0.15, 0.2) is 6.07 Å². The fourth-order valence-corrected chi connectivity index (χ4v) is 2.37. The van der Waals surface area contributed by atoms with Crippen molar-refractivity contribution in [1.82, 2.24) is 20.0 Å². The first kappa shape index (κ1) is 17.4. The van der Waals surface area contributed by atoms with Crippen molar-refractivity contribution < 1.29 is 19.1 Å². The van der Waals surface area contributed by atoms with E-state index in [2.05, 4.69) is 10.4 Å². The molecule has 1 saturated heterocycles. The maximum atomic E-state index is 12.4. The summed E-state index contributed by atoms with van der Waals surface area (Å²) >= 11 is 0. The van der Waals surface area contributed by atoms with Crippen molar-refractivity contribution in [3.05, 3.63) is 17.5 Å². The first-order chi connectivity index (χ1) is 11.0. The summed E-state index contributed by atoms with van der Waals surface area (Å²) in [5.41, 5.74) is 1.29. The number of hydrogen-bond donors (Lipinski definition) is 1. The summed E-state index contributed by atoms with van der Waals surface area (Å²) in [6.45, 7) is 6.33. The number of aromatic nitrogens is 2. The average molecular weight is 324 g/mol. The topological polar surface area (TPSA) is 85.7 Å². The standard InChI is InChI=1S/C15H24N4O4/c1-4-22-6-5-19-13(7-11(2)17-19)15(21)16-8-12-9-18(3)14(20)10-23-12/h7,12H,4-6,8-10H2,1-3H3,(H,16,21)/t12-/m0/s1. The van der Waals surface area contributed by atoms with Crippen LogP contribution in [-0.4, -0.2) is 72.6 Å². The normalized spacial score (nSPS) is 18.3. The Hall–Kier alpha value is -1.93. The lowest BCUT2D eigenvalue weighted by Gasteiger charge is -2.29. The molecule has 2 amide bonds. The molecule has 2 rings (SSSR count). The third-order valence-corrected chi connectivity index (χ3v) is 3.62. The van der Waals surface area contributed by atoms with Crippen molar-refractivity contribution in [3.63, 3.8) is 0 Å². The molecule has 8 nitrogen and oxygen atoms in total. The SMILES string of the molecule is CCOCCn1nc(C)cc1C(=O)NC[C@H]1CN(C)C(=O)CO1. The van der Waals surface area contributed by atoms with Crippen LogP contribution < -0.4 is 5.32 Å². The highest BCUT2D eigenvalue weighted by molar-refractivity contribution is 5.92. The molecular formula is C15H24N4O4. The van der Waals surface area contributed by atoms with E-state index in [0.29, 0.717) is 38.5 Å². The summed E-state index contributed by atoms with van der Waals surface area (Å²) in [4.78, 5) is 25.3. The average Bonchev–Trinajstić information content (AvgIpc) is 2.89. The predicted molar refractivity (Wildman–Crippen MR) is 83.2 cm³/mol. The lowest BCUT2D eigenvalue weighted by Crippen LogP contribution is -2.48. The number of carbonyl (C=O) groups excluding carboxylic acids is 2. The zero-order chi connectivity index (χ0) is 16.8. The fraction of sp³-hybridized carbons (Fsp3) is 0.667. The third kappa shape index (κ3) is 4.77. The van der Waals surface area contributed by atoms with E-state index in [1.165, 1.54) is 0 Å². The maximum absolute atomic E-state index is 12.4. The van der Waals surface area contributed by atoms with Crippen LogP contribution in [-0.2, 0) is 20.8 Å². The van der Waals surface area contributed by atoms with Crippen LogP contribution in [0.25, 0.3) is 0 Å². The Kier molecular flexibility index (Phi) is 6.12. The fourth-order valence-electron chi connectivity index (χ4n) is 2.37. The lowest BCUT2D eigenvalue weighted by atomic mass is 10.2. The van der Waals surface area contributed by atoms with Crippen LogP contribution in [0.3, 0.4) is 0 Å². The largest absolute Gasteiger partial charge is 0.380 e. The molecule has 23 heavy (non-hydrogen) atoms. The van der Waals surface area contributed by atoms with Crippen molar-refractivity contribution in [2.24, 2.45) is 0 Å². The van der Waals surface area contributed by atoms with Gasteiger partial charge in [-0.3, -0.25) is 14.3 Å². The highest BCUT2D eigenvalue weighted by atomic mass is 16.5. The summed E-state index contributed by atoms with van der Waals surface area (Å²) in [5, 5.41) is 7.16. The molecule has 1 aromatic rings. The van der Waals surface area contributed by atoms with Gasteiger partial charge in [0, 0.05) is 26.7 Å². The van der Waals surface area contributed by atoms with Crippen LogP contribution in [0, 0.1) is 6.92 Å². The number of nitrogens with zero attached hydrogens (tertiary/aromatic N) is 3. The number of ether oxygens (including phenoxy) is 2. The minimum atomic E-state index is -0.203. The lowest BCUT2D eigenvalue weighted by molar-refractivity contribution is -0.146. The van der Waals surface area contributed by atoms with Gasteiger partial charge in [-0.05, 0) is 19.9 Å². The number of carbonyl (C=O) groups is 2. The van der Waals surface area contributed by atoms with Gasteiger partial charge < -0.3 is 19.7 Å². The minimum absolute atomic E-state index is 0.0443. The summed E-state index contributed by atoms with van der Waals surface area (Å²) in [5.74, 6) is -0.248. The molecule has 1 aliphatic heterocycles. The Labute approximate surface area is 135 Å². The van der Waals surface area contributed by atoms with Crippen molar-refractivity contribution in [1.29, 1.82) is 0 Å². The van der Waals surface area contributed by atoms with Crippen LogP contribution in [0.1, 0.15) is 23.1 Å². The molecule has 1 atom stereocenters. The Morgan fingerprint density at radius 3 is 3.04 bits per heavy atom. The molecule has 8 heteroatoms. The van der Waals surface area contributed by atoms with Crippen LogP contribution in [0.4, 0.5) is 0 Å². The number of aryl methyl sites for hydroxylation is 1. The number of rotatable bonds is 7. The number of hydrogen-bond acceptors (Lipinski definition) is 5. The van der Waals surface area contributed by atoms with Crippen molar-refractivity contribution in [3.8, 4) is 0 Å². The van der Waals surface area contributed by atoms with E-state index in [4.69, 9.17) is 9.47 Å². The second-order valence-corrected chi connectivity index (χ2v) is 5.51. The third-order valence-electron chi connectivity index (χ3n) is 3.62. The number of nitrogens with one attached hydrogen (secondary N) is 1. The second-order valence-electron chi connectivity index (χ2n) is 5.51. The van der Waals surface area contributed by atoms with E-state index in [0.717, 1.165) is 5.69 Å². The maximum Gasteiger partial charge on any atom is 0.269 e. The van der Waals surface area contributed by atoms with E-state index in [-0.39, 0.29) is 24.5 Å². The van der Waals surface area contributed by atoms with Crippen LogP contribution >= 0.6 is 0 Å². The van der Waals surface area contributed by atoms with E-state index in [1.54, 1.807) is 22.7 Å². The van der Waals surface area contributed by atoms with Gasteiger partial charge in [0.1, 0.15) is 12.3 Å². The molecule has 0 unspecified atom stereocenters. The van der Waals surface area contributed by atoms with Gasteiger partial charge in [-0.15, -0.1) is 0 Å². The number of morpholine rings is 1. The number of amides is 2. The first-order valence-electron chi connectivity index (χ1n) is 7.77. The Morgan fingerprint density at radius 1 is 1.57 bits per heavy atom. The van der Waals surface area contributed by atoms with E-state index < -0.39 is 0 Å². The zero-order valence-electron chi connectivity index (χ0n) is 13.9. The van der Waals surface area contributed by atoms with Crippen molar-refractivity contribution in [2.45, 2.75) is 26.5 Å². The molecule has 1 fully saturated rings. The highest BCUT2D eigenvalue weighted by Gasteiger charge is 2.24. The Bertz CT molecular complexity index is 558. The Morgan fingerprint density at radius 2 is 2.35 bits per heavy atom. The summed E-state index contributed by atoms with van der Waals surface area (Å²) < 4.78 is 12.4. The van der Waals surface area contributed by atoms with E-state index in [1.807, 2.05) is 13.8 Å². The molecule has 0 spiro atoms. The Balaban J connectivity index is 1.89. The van der Waals surface area contributed by atoms with Crippen LogP contribution in [0.2, 0.25) is 0 Å². The van der Waals surface area contributed by atoms with Crippen LogP contribution in [0.5, 0.6) is 0 Å². The zero-order valence-corrected chi connectivity index (χ0v) is 13.9. The number of likely N-dealkylation sites (N-methyl/N-ethyl adjacent to an activating group) is 1. The molecule has 128 valence electrons. The second kappa shape index (κ2) is 8.07. The molecular weight excluding hydrogens is 300 g/mol. The molecule has 1 aromatic heterocycles. The molecule has 0 aliphatic carbocycles. The van der Waals surface area contributed by atoms with Gasteiger partial charge in [0.05, 0.1) is 24.9 Å². The van der Waals surface area contributed by atoms with E-state index in [9.17, 15) is 9.59 Å². The first-order valence-corrected chi connectivity index (χ1v) is 7.77. The van der Waals surface area contributed by atoms with Gasteiger partial charge in [-0.1, -0.05) is 0 Å².